The summed E-state index contributed by atoms with van der Waals surface area (Å²) < 4.78 is 21.6. The molecule has 0 aromatic heterocycles. The Morgan fingerprint density at radius 3 is 2.59 bits per heavy atom. The molecule has 144 valence electrons. The molecule has 1 amide bonds. The molecule has 2 aromatic rings. The fourth-order valence-corrected chi connectivity index (χ4v) is 3.35. The van der Waals surface area contributed by atoms with Gasteiger partial charge in [0.15, 0.2) is 11.5 Å². The second-order valence-corrected chi connectivity index (χ2v) is 6.50. The molecule has 1 aliphatic heterocycles. The van der Waals surface area contributed by atoms with Gasteiger partial charge < -0.3 is 24.3 Å². The smallest absolute Gasteiger partial charge is 0.255 e. The fourth-order valence-electron chi connectivity index (χ4n) is 3.35. The first-order valence-corrected chi connectivity index (χ1v) is 8.91. The summed E-state index contributed by atoms with van der Waals surface area (Å²) in [7, 11) is 4.56. The van der Waals surface area contributed by atoms with E-state index in [-0.39, 0.29) is 11.9 Å². The molecule has 1 aliphatic rings. The van der Waals surface area contributed by atoms with E-state index in [1.807, 2.05) is 19.1 Å². The topological polar surface area (TPSA) is 66.0 Å². The maximum atomic E-state index is 12.8. The second-order valence-electron chi connectivity index (χ2n) is 6.50. The first-order valence-electron chi connectivity index (χ1n) is 8.91. The molecule has 0 fully saturated rings. The average molecular weight is 371 g/mol. The van der Waals surface area contributed by atoms with Gasteiger partial charge in [-0.05, 0) is 42.7 Å². The number of amides is 1. The minimum absolute atomic E-state index is 0.0457. The van der Waals surface area contributed by atoms with Gasteiger partial charge in [-0.3, -0.25) is 4.79 Å². The van der Waals surface area contributed by atoms with Crippen molar-refractivity contribution in [1.82, 2.24) is 5.32 Å². The second kappa shape index (κ2) is 8.20. The lowest BCUT2D eigenvalue weighted by Crippen LogP contribution is -2.34. The van der Waals surface area contributed by atoms with Crippen molar-refractivity contribution >= 4 is 5.91 Å². The Labute approximate surface area is 159 Å². The fraction of sp³-hybridized carbons (Fsp3) is 0.381. The maximum absolute atomic E-state index is 12.8. The van der Waals surface area contributed by atoms with Crippen LogP contribution in [0.2, 0.25) is 0 Å². The molecule has 0 saturated heterocycles. The van der Waals surface area contributed by atoms with Crippen molar-refractivity contribution in [2.75, 3.05) is 27.9 Å². The number of fused-ring (bicyclic) bond motifs is 1. The molecule has 1 unspecified atom stereocenters. The largest absolute Gasteiger partial charge is 0.493 e. The summed E-state index contributed by atoms with van der Waals surface area (Å²) in [4.78, 5) is 12.8. The zero-order valence-corrected chi connectivity index (χ0v) is 16.1. The van der Waals surface area contributed by atoms with Crippen molar-refractivity contribution in [2.24, 2.45) is 0 Å². The SMILES string of the molecule is COc1ccc(C(=O)NC(C)Cc2ccc3c(c2)CCO3)c(OC)c1OC. The first kappa shape index (κ1) is 18.9. The van der Waals surface area contributed by atoms with Crippen LogP contribution in [-0.4, -0.2) is 39.9 Å². The van der Waals surface area contributed by atoms with Crippen LogP contribution in [-0.2, 0) is 12.8 Å². The number of nitrogens with one attached hydrogen (secondary N) is 1. The zero-order chi connectivity index (χ0) is 19.4. The van der Waals surface area contributed by atoms with Crippen LogP contribution in [0, 0.1) is 0 Å². The van der Waals surface area contributed by atoms with Gasteiger partial charge in [0.25, 0.3) is 5.91 Å². The Morgan fingerprint density at radius 1 is 1.11 bits per heavy atom. The summed E-state index contributed by atoms with van der Waals surface area (Å²) >= 11 is 0. The number of ether oxygens (including phenoxy) is 4. The van der Waals surface area contributed by atoms with Crippen molar-refractivity contribution in [2.45, 2.75) is 25.8 Å². The van der Waals surface area contributed by atoms with Gasteiger partial charge in [-0.1, -0.05) is 12.1 Å². The van der Waals surface area contributed by atoms with Gasteiger partial charge in [0.2, 0.25) is 5.75 Å². The van der Waals surface area contributed by atoms with Crippen LogP contribution in [0.4, 0.5) is 0 Å². The Kier molecular flexibility index (Phi) is 5.74. The molecule has 27 heavy (non-hydrogen) atoms. The third kappa shape index (κ3) is 3.94. The van der Waals surface area contributed by atoms with E-state index in [1.54, 1.807) is 19.2 Å². The summed E-state index contributed by atoms with van der Waals surface area (Å²) in [6.07, 6.45) is 1.67. The molecule has 0 bridgehead atoms. The number of hydrogen-bond donors (Lipinski definition) is 1. The highest BCUT2D eigenvalue weighted by Crippen LogP contribution is 2.39. The minimum Gasteiger partial charge on any atom is -0.493 e. The maximum Gasteiger partial charge on any atom is 0.255 e. The quantitative estimate of drug-likeness (QED) is 0.810. The first-order chi connectivity index (χ1) is 13.1. The number of rotatable bonds is 7. The van der Waals surface area contributed by atoms with Crippen LogP contribution in [0.1, 0.15) is 28.4 Å². The van der Waals surface area contributed by atoms with Crippen LogP contribution >= 0.6 is 0 Å². The summed E-state index contributed by atoms with van der Waals surface area (Å²) in [5.41, 5.74) is 2.81. The molecule has 0 aliphatic carbocycles. The monoisotopic (exact) mass is 371 g/mol. The van der Waals surface area contributed by atoms with Gasteiger partial charge >= 0.3 is 0 Å². The number of carbonyl (C=O) groups is 1. The van der Waals surface area contributed by atoms with Gasteiger partial charge in [-0.25, -0.2) is 0 Å². The van der Waals surface area contributed by atoms with E-state index < -0.39 is 0 Å². The van der Waals surface area contributed by atoms with E-state index in [0.29, 0.717) is 22.8 Å². The summed E-state index contributed by atoms with van der Waals surface area (Å²) in [6.45, 7) is 2.72. The van der Waals surface area contributed by atoms with Gasteiger partial charge in [0.1, 0.15) is 5.75 Å². The van der Waals surface area contributed by atoms with Gasteiger partial charge in [0, 0.05) is 12.5 Å². The van der Waals surface area contributed by atoms with Crippen molar-refractivity contribution in [3.63, 3.8) is 0 Å². The molecule has 1 heterocycles. The van der Waals surface area contributed by atoms with Crippen LogP contribution < -0.4 is 24.3 Å². The highest BCUT2D eigenvalue weighted by Gasteiger charge is 2.22. The van der Waals surface area contributed by atoms with Crippen LogP contribution in [0.3, 0.4) is 0 Å². The van der Waals surface area contributed by atoms with Crippen LogP contribution in [0.15, 0.2) is 30.3 Å². The molecule has 2 aromatic carbocycles. The predicted molar refractivity (Wildman–Crippen MR) is 102 cm³/mol. The van der Waals surface area contributed by atoms with Gasteiger partial charge in [-0.2, -0.15) is 0 Å². The molecule has 0 saturated carbocycles. The molecule has 1 atom stereocenters. The van der Waals surface area contributed by atoms with Crippen molar-refractivity contribution < 1.29 is 23.7 Å². The van der Waals surface area contributed by atoms with Crippen molar-refractivity contribution in [1.29, 1.82) is 0 Å². The average Bonchev–Trinajstić information content (AvgIpc) is 3.14. The normalized spacial score (nSPS) is 13.3. The summed E-state index contributed by atoms with van der Waals surface area (Å²) in [6, 6.07) is 9.53. The van der Waals surface area contributed by atoms with Crippen LogP contribution in [0.25, 0.3) is 0 Å². The Hall–Kier alpha value is -2.89. The van der Waals surface area contributed by atoms with E-state index in [1.165, 1.54) is 25.3 Å². The number of carbonyl (C=O) groups excluding carboxylic acids is 1. The molecular formula is C21H25NO5. The molecule has 1 N–H and O–H groups in total. The van der Waals surface area contributed by atoms with Crippen LogP contribution in [0.5, 0.6) is 23.0 Å². The van der Waals surface area contributed by atoms with Gasteiger partial charge in [-0.15, -0.1) is 0 Å². The van der Waals surface area contributed by atoms with Gasteiger partial charge in [0.05, 0.1) is 33.5 Å². The van der Waals surface area contributed by atoms with Crippen molar-refractivity contribution in [3.8, 4) is 23.0 Å². The highest BCUT2D eigenvalue weighted by molar-refractivity contribution is 5.98. The highest BCUT2D eigenvalue weighted by atomic mass is 16.5. The molecule has 3 rings (SSSR count). The Balaban J connectivity index is 1.73. The number of methoxy groups -OCH3 is 3. The minimum atomic E-state index is -0.218. The molecular weight excluding hydrogens is 346 g/mol. The lowest BCUT2D eigenvalue weighted by molar-refractivity contribution is 0.0936. The lowest BCUT2D eigenvalue weighted by atomic mass is 10.0. The third-order valence-electron chi connectivity index (χ3n) is 4.62. The van der Waals surface area contributed by atoms with E-state index >= 15 is 0 Å². The molecule has 0 radical (unpaired) electrons. The van der Waals surface area contributed by atoms with E-state index in [9.17, 15) is 4.79 Å². The number of hydrogen-bond acceptors (Lipinski definition) is 5. The molecule has 6 heteroatoms. The Morgan fingerprint density at radius 2 is 1.89 bits per heavy atom. The van der Waals surface area contributed by atoms with Crippen molar-refractivity contribution in [3.05, 3.63) is 47.0 Å². The molecule has 6 nitrogen and oxygen atoms in total. The lowest BCUT2D eigenvalue weighted by Gasteiger charge is -2.18. The summed E-state index contributed by atoms with van der Waals surface area (Å²) in [5.74, 6) is 2.02. The van der Waals surface area contributed by atoms with E-state index in [4.69, 9.17) is 18.9 Å². The standard InChI is InChI=1S/C21H25NO5/c1-13(11-14-5-7-17-15(12-14)9-10-27-17)22-21(23)16-6-8-18(24-2)20(26-4)19(16)25-3/h5-8,12-13H,9-11H2,1-4H3,(H,22,23). The summed E-state index contributed by atoms with van der Waals surface area (Å²) in [5, 5.41) is 3.03. The number of benzene rings is 2. The zero-order valence-electron chi connectivity index (χ0n) is 16.1. The van der Waals surface area contributed by atoms with E-state index in [2.05, 4.69) is 11.4 Å². The third-order valence-corrected chi connectivity index (χ3v) is 4.62. The predicted octanol–water partition coefficient (Wildman–Crippen LogP) is 3.01. The molecule has 0 spiro atoms. The Bertz CT molecular complexity index is 834. The van der Waals surface area contributed by atoms with E-state index in [0.717, 1.165) is 25.2 Å².